The van der Waals surface area contributed by atoms with E-state index >= 15 is 0 Å². The third-order valence-electron chi connectivity index (χ3n) is 7.18. The Kier molecular flexibility index (Phi) is 2.86. The van der Waals surface area contributed by atoms with Gasteiger partial charge in [-0.3, -0.25) is 9.59 Å². The molecule has 0 aromatic rings. The van der Waals surface area contributed by atoms with Gasteiger partial charge in [-0.2, -0.15) is 0 Å². The molecule has 0 aliphatic heterocycles. The molecule has 0 bridgehead atoms. The van der Waals surface area contributed by atoms with Crippen LogP contribution in [-0.2, 0) is 9.59 Å². The fourth-order valence-electron chi connectivity index (χ4n) is 6.20. The normalized spacial score (nSPS) is 49.2. The molecule has 0 aromatic heterocycles. The Labute approximate surface area is 125 Å². The molecule has 4 aliphatic rings. The van der Waals surface area contributed by atoms with Crippen LogP contribution in [0.3, 0.4) is 0 Å². The maximum absolute atomic E-state index is 12.5. The van der Waals surface area contributed by atoms with Gasteiger partial charge in [-0.25, -0.2) is 0 Å². The summed E-state index contributed by atoms with van der Waals surface area (Å²) in [6.45, 7) is 2.43. The second-order valence-corrected chi connectivity index (χ2v) is 8.02. The van der Waals surface area contributed by atoms with E-state index in [1.165, 1.54) is 31.8 Å². The van der Waals surface area contributed by atoms with Gasteiger partial charge in [-0.1, -0.05) is 13.3 Å². The van der Waals surface area contributed by atoms with Crippen molar-refractivity contribution in [2.45, 2.75) is 51.9 Å². The van der Waals surface area contributed by atoms with Crippen LogP contribution >= 0.6 is 0 Å². The Balaban J connectivity index is 1.69. The van der Waals surface area contributed by atoms with Gasteiger partial charge >= 0.3 is 0 Å². The number of aliphatic hydroxyl groups excluding tert-OH is 1. The van der Waals surface area contributed by atoms with Crippen molar-refractivity contribution in [3.8, 4) is 0 Å². The first kappa shape index (κ1) is 13.5. The summed E-state index contributed by atoms with van der Waals surface area (Å²) in [6.07, 6.45) is 9.29. The zero-order chi connectivity index (χ0) is 14.8. The lowest BCUT2D eigenvalue weighted by atomic mass is 9.51. The Morgan fingerprint density at radius 1 is 1.10 bits per heavy atom. The molecular weight excluding hydrogens is 264 g/mol. The van der Waals surface area contributed by atoms with Crippen molar-refractivity contribution in [3.05, 3.63) is 11.8 Å². The monoisotopic (exact) mass is 288 g/mol. The van der Waals surface area contributed by atoms with E-state index in [-0.39, 0.29) is 29.2 Å². The average Bonchev–Trinajstić information content (AvgIpc) is 2.85. The van der Waals surface area contributed by atoms with Gasteiger partial charge in [0.2, 0.25) is 5.78 Å². The van der Waals surface area contributed by atoms with E-state index in [1.54, 1.807) is 0 Å². The van der Waals surface area contributed by atoms with E-state index < -0.39 is 0 Å². The van der Waals surface area contributed by atoms with Gasteiger partial charge in [-0.15, -0.1) is 0 Å². The zero-order valence-electron chi connectivity index (χ0n) is 12.7. The Bertz CT molecular complexity index is 535. The smallest absolute Gasteiger partial charge is 0.201 e. The lowest BCUT2D eigenvalue weighted by molar-refractivity contribution is -0.142. The van der Waals surface area contributed by atoms with Crippen molar-refractivity contribution in [2.24, 2.45) is 35.0 Å². The molecule has 114 valence electrons. The summed E-state index contributed by atoms with van der Waals surface area (Å²) >= 11 is 0. The molecular formula is C18H24O3. The minimum atomic E-state index is -0.290. The lowest BCUT2D eigenvalue weighted by Gasteiger charge is -2.53. The van der Waals surface area contributed by atoms with Crippen LogP contribution in [0.5, 0.6) is 0 Å². The van der Waals surface area contributed by atoms with Crippen LogP contribution in [0, 0.1) is 35.0 Å². The number of rotatable bonds is 0. The van der Waals surface area contributed by atoms with Gasteiger partial charge in [0.25, 0.3) is 0 Å². The second-order valence-electron chi connectivity index (χ2n) is 8.02. The maximum atomic E-state index is 12.5. The number of carbonyl (C=O) groups is 2. The largest absolute Gasteiger partial charge is 0.504 e. The SMILES string of the molecule is C[C@@]12CCC[C@H]1[C@@H]1CCC3C(=O)C=C(O)C(=O)[C@@H]3[C@H]1CC2. The summed E-state index contributed by atoms with van der Waals surface area (Å²) in [5.41, 5.74) is 0.466. The Morgan fingerprint density at radius 2 is 1.90 bits per heavy atom. The van der Waals surface area contributed by atoms with Crippen LogP contribution in [0.2, 0.25) is 0 Å². The number of ketones is 2. The molecule has 4 rings (SSSR count). The van der Waals surface area contributed by atoms with Gasteiger partial charge < -0.3 is 5.11 Å². The van der Waals surface area contributed by atoms with E-state index in [4.69, 9.17) is 0 Å². The molecule has 1 unspecified atom stereocenters. The van der Waals surface area contributed by atoms with E-state index in [0.717, 1.165) is 25.2 Å². The molecule has 0 heterocycles. The number of aliphatic hydroxyl groups is 1. The lowest BCUT2D eigenvalue weighted by Crippen LogP contribution is -2.51. The number of hydrogen-bond donors (Lipinski definition) is 1. The fourth-order valence-corrected chi connectivity index (χ4v) is 6.20. The van der Waals surface area contributed by atoms with Gasteiger partial charge in [0.05, 0.1) is 0 Å². The molecule has 3 nitrogen and oxygen atoms in total. The summed E-state index contributed by atoms with van der Waals surface area (Å²) < 4.78 is 0. The number of fused-ring (bicyclic) bond motifs is 5. The van der Waals surface area contributed by atoms with Gasteiger partial charge in [0, 0.05) is 17.9 Å². The number of Topliss-reactive ketones (excluding diaryl/α,β-unsaturated/α-hetero) is 1. The van der Waals surface area contributed by atoms with Gasteiger partial charge in [0.15, 0.2) is 11.5 Å². The highest BCUT2D eigenvalue weighted by Gasteiger charge is 2.56. The third kappa shape index (κ3) is 1.79. The van der Waals surface area contributed by atoms with E-state index in [9.17, 15) is 14.7 Å². The van der Waals surface area contributed by atoms with Crippen molar-refractivity contribution in [1.82, 2.24) is 0 Å². The minimum Gasteiger partial charge on any atom is -0.504 e. The average molecular weight is 288 g/mol. The Hall–Kier alpha value is -1.12. The molecule has 21 heavy (non-hydrogen) atoms. The van der Waals surface area contributed by atoms with Crippen molar-refractivity contribution in [2.75, 3.05) is 0 Å². The standard InChI is InChI=1S/C18H24O3/c1-18-7-2-3-13(18)10-4-5-12-14(19)9-15(20)17(21)16(12)11(10)6-8-18/h9-13,16,20H,2-8H2,1H3/t10-,11+,12?,13+,16-,18+/m1/s1. The minimum absolute atomic E-state index is 0.0182. The summed E-state index contributed by atoms with van der Waals surface area (Å²) in [5, 5.41) is 9.81. The van der Waals surface area contributed by atoms with Crippen LogP contribution in [0.15, 0.2) is 11.8 Å². The first-order valence-electron chi connectivity index (χ1n) is 8.50. The molecule has 0 radical (unpaired) electrons. The molecule has 1 N–H and O–H groups in total. The molecule has 0 saturated heterocycles. The van der Waals surface area contributed by atoms with Crippen molar-refractivity contribution in [1.29, 1.82) is 0 Å². The van der Waals surface area contributed by atoms with Crippen LogP contribution in [0.1, 0.15) is 51.9 Å². The van der Waals surface area contributed by atoms with E-state index in [0.29, 0.717) is 17.3 Å². The molecule has 0 amide bonds. The zero-order valence-corrected chi connectivity index (χ0v) is 12.7. The molecule has 3 heteroatoms. The van der Waals surface area contributed by atoms with Crippen LogP contribution in [0.25, 0.3) is 0 Å². The summed E-state index contributed by atoms with van der Waals surface area (Å²) in [6, 6.07) is 0. The highest BCUT2D eigenvalue weighted by atomic mass is 16.3. The molecule has 4 aliphatic carbocycles. The fraction of sp³-hybridized carbons (Fsp3) is 0.778. The Morgan fingerprint density at radius 3 is 2.71 bits per heavy atom. The molecule has 0 aromatic carbocycles. The molecule has 3 fully saturated rings. The van der Waals surface area contributed by atoms with Crippen LogP contribution in [-0.4, -0.2) is 16.7 Å². The maximum Gasteiger partial charge on any atom is 0.201 e. The van der Waals surface area contributed by atoms with Gasteiger partial charge in [0.1, 0.15) is 0 Å². The van der Waals surface area contributed by atoms with E-state index in [2.05, 4.69) is 6.92 Å². The van der Waals surface area contributed by atoms with Crippen molar-refractivity contribution >= 4 is 11.6 Å². The van der Waals surface area contributed by atoms with Crippen molar-refractivity contribution < 1.29 is 14.7 Å². The molecule has 0 spiro atoms. The van der Waals surface area contributed by atoms with Crippen LogP contribution in [0.4, 0.5) is 0 Å². The van der Waals surface area contributed by atoms with Crippen LogP contribution < -0.4 is 0 Å². The number of carbonyl (C=O) groups excluding carboxylic acids is 2. The molecule has 6 atom stereocenters. The first-order valence-corrected chi connectivity index (χ1v) is 8.50. The highest BCUT2D eigenvalue weighted by molar-refractivity contribution is 6.09. The summed E-state index contributed by atoms with van der Waals surface area (Å²) in [7, 11) is 0. The number of allylic oxidation sites excluding steroid dienone is 2. The molecule has 3 saturated carbocycles. The first-order chi connectivity index (χ1) is 10.0. The predicted molar refractivity (Wildman–Crippen MR) is 78.6 cm³/mol. The number of hydrogen-bond acceptors (Lipinski definition) is 3. The summed E-state index contributed by atoms with van der Waals surface area (Å²) in [4.78, 5) is 24.6. The third-order valence-corrected chi connectivity index (χ3v) is 7.18. The predicted octanol–water partition coefficient (Wildman–Crippen LogP) is 3.44. The summed E-state index contributed by atoms with van der Waals surface area (Å²) in [5.74, 6) is 0.801. The highest BCUT2D eigenvalue weighted by Crippen LogP contribution is 2.61. The van der Waals surface area contributed by atoms with E-state index in [1.807, 2.05) is 0 Å². The topological polar surface area (TPSA) is 54.4 Å². The quantitative estimate of drug-likeness (QED) is 0.743. The second kappa shape index (κ2) is 4.44. The van der Waals surface area contributed by atoms with Gasteiger partial charge in [-0.05, 0) is 61.7 Å². The van der Waals surface area contributed by atoms with Crippen molar-refractivity contribution in [3.63, 3.8) is 0 Å².